The monoisotopic (exact) mass is 334 g/mol. The van der Waals surface area contributed by atoms with Crippen molar-refractivity contribution in [3.05, 3.63) is 0 Å². The Balaban J connectivity index is 1.16. The van der Waals surface area contributed by atoms with E-state index < -0.39 is 0 Å². The lowest BCUT2D eigenvalue weighted by atomic mass is 9.77. The summed E-state index contributed by atoms with van der Waals surface area (Å²) in [4.78, 5) is 10.6. The average Bonchev–Trinajstić information content (AvgIpc) is 2.34. The number of hydrogen-bond donors (Lipinski definition) is 0. The van der Waals surface area contributed by atoms with Crippen molar-refractivity contribution in [3.8, 4) is 0 Å². The van der Waals surface area contributed by atoms with Crippen LogP contribution in [0.15, 0.2) is 0 Å². The van der Waals surface area contributed by atoms with Crippen LogP contribution in [-0.2, 0) is 0 Å². The van der Waals surface area contributed by atoms with Crippen LogP contribution in [0.1, 0.15) is 40.5 Å². The van der Waals surface area contributed by atoms with E-state index in [4.69, 9.17) is 0 Å². The molecule has 1 atom stereocenters. The van der Waals surface area contributed by atoms with Crippen molar-refractivity contribution < 1.29 is 0 Å². The highest BCUT2D eigenvalue weighted by Crippen LogP contribution is 2.38. The first-order valence-electron chi connectivity index (χ1n) is 10.3. The van der Waals surface area contributed by atoms with Crippen LogP contribution in [0.4, 0.5) is 0 Å². The molecule has 0 aromatic heterocycles. The number of likely N-dealkylation sites (tertiary alicyclic amines) is 4. The van der Waals surface area contributed by atoms with Crippen molar-refractivity contribution in [2.24, 2.45) is 11.8 Å². The largest absolute Gasteiger partial charge is 0.303 e. The minimum absolute atomic E-state index is 0.402. The maximum atomic E-state index is 2.76. The van der Waals surface area contributed by atoms with E-state index in [1.807, 2.05) is 0 Å². The van der Waals surface area contributed by atoms with Crippen molar-refractivity contribution in [1.29, 1.82) is 0 Å². The van der Waals surface area contributed by atoms with Gasteiger partial charge in [-0.1, -0.05) is 0 Å². The van der Waals surface area contributed by atoms with Crippen LogP contribution in [0.5, 0.6) is 0 Å². The molecule has 0 amide bonds. The molecule has 1 unspecified atom stereocenters. The molecule has 0 N–H and O–H groups in total. The van der Waals surface area contributed by atoms with Gasteiger partial charge in [-0.15, -0.1) is 0 Å². The van der Waals surface area contributed by atoms with E-state index >= 15 is 0 Å². The summed E-state index contributed by atoms with van der Waals surface area (Å²) in [5.74, 6) is 1.87. The van der Waals surface area contributed by atoms with Gasteiger partial charge in [-0.05, 0) is 66.0 Å². The van der Waals surface area contributed by atoms with Crippen molar-refractivity contribution in [2.75, 3.05) is 52.9 Å². The summed E-state index contributed by atoms with van der Waals surface area (Å²) < 4.78 is 0. The van der Waals surface area contributed by atoms with Gasteiger partial charge in [0.05, 0.1) is 0 Å². The Hall–Kier alpha value is -0.160. The molecule has 4 aliphatic heterocycles. The van der Waals surface area contributed by atoms with E-state index in [0.29, 0.717) is 5.54 Å². The molecule has 4 aliphatic rings. The SMILES string of the molecule is CC(C)N1CC(N2CC(CC(C)(C)N3CC(C4CCN4C)C3)C2)C1. The van der Waals surface area contributed by atoms with Crippen LogP contribution in [0, 0.1) is 11.8 Å². The highest BCUT2D eigenvalue weighted by Gasteiger charge is 2.46. The summed E-state index contributed by atoms with van der Waals surface area (Å²) in [6, 6.07) is 2.47. The predicted octanol–water partition coefficient (Wildman–Crippen LogP) is 1.82. The highest BCUT2D eigenvalue weighted by molar-refractivity contribution is 5.02. The fourth-order valence-corrected chi connectivity index (χ4v) is 5.40. The average molecular weight is 335 g/mol. The molecule has 0 bridgehead atoms. The third-order valence-corrected chi connectivity index (χ3v) is 7.56. The zero-order valence-corrected chi connectivity index (χ0v) is 16.5. The zero-order valence-electron chi connectivity index (χ0n) is 16.5. The van der Waals surface area contributed by atoms with E-state index in [0.717, 1.165) is 30.0 Å². The van der Waals surface area contributed by atoms with E-state index in [1.54, 1.807) is 0 Å². The second-order valence-electron chi connectivity index (χ2n) is 10.0. The first-order valence-corrected chi connectivity index (χ1v) is 10.3. The predicted molar refractivity (Wildman–Crippen MR) is 100 cm³/mol. The molecule has 0 spiro atoms. The molecule has 0 saturated carbocycles. The summed E-state index contributed by atoms with van der Waals surface area (Å²) in [6.45, 7) is 18.9. The van der Waals surface area contributed by atoms with Gasteiger partial charge in [0.25, 0.3) is 0 Å². The van der Waals surface area contributed by atoms with Crippen molar-refractivity contribution >= 4 is 0 Å². The maximum absolute atomic E-state index is 2.76. The Labute approximate surface area is 149 Å². The van der Waals surface area contributed by atoms with Gasteiger partial charge < -0.3 is 4.90 Å². The minimum atomic E-state index is 0.402. The number of hydrogen-bond acceptors (Lipinski definition) is 4. The Kier molecular flexibility index (Phi) is 4.48. The Bertz CT molecular complexity index is 445. The first-order chi connectivity index (χ1) is 11.3. The lowest BCUT2D eigenvalue weighted by molar-refractivity contribution is -0.0877. The molecule has 138 valence electrons. The van der Waals surface area contributed by atoms with Crippen molar-refractivity contribution in [2.45, 2.75) is 64.2 Å². The van der Waals surface area contributed by atoms with E-state index in [-0.39, 0.29) is 0 Å². The zero-order chi connectivity index (χ0) is 17.1. The fourth-order valence-electron chi connectivity index (χ4n) is 5.40. The summed E-state index contributed by atoms with van der Waals surface area (Å²) in [6.07, 6.45) is 2.82. The van der Waals surface area contributed by atoms with Crippen LogP contribution in [0.3, 0.4) is 0 Å². The summed E-state index contributed by atoms with van der Waals surface area (Å²) >= 11 is 0. The lowest BCUT2D eigenvalue weighted by Crippen LogP contribution is -2.68. The van der Waals surface area contributed by atoms with E-state index in [2.05, 4.69) is 54.3 Å². The molecule has 0 radical (unpaired) electrons. The van der Waals surface area contributed by atoms with Gasteiger partial charge in [-0.3, -0.25) is 14.7 Å². The number of rotatable bonds is 6. The van der Waals surface area contributed by atoms with Gasteiger partial charge in [-0.25, -0.2) is 0 Å². The molecule has 4 saturated heterocycles. The molecule has 0 aromatic carbocycles. The van der Waals surface area contributed by atoms with Gasteiger partial charge in [0, 0.05) is 62.9 Å². The topological polar surface area (TPSA) is 13.0 Å². The van der Waals surface area contributed by atoms with Crippen molar-refractivity contribution in [3.63, 3.8) is 0 Å². The first kappa shape index (κ1) is 17.3. The quantitative estimate of drug-likeness (QED) is 0.734. The highest BCUT2D eigenvalue weighted by atomic mass is 15.3. The van der Waals surface area contributed by atoms with Crippen LogP contribution >= 0.6 is 0 Å². The minimum Gasteiger partial charge on any atom is -0.303 e. The summed E-state index contributed by atoms with van der Waals surface area (Å²) in [5.41, 5.74) is 0.402. The summed E-state index contributed by atoms with van der Waals surface area (Å²) in [5, 5.41) is 0. The van der Waals surface area contributed by atoms with Gasteiger partial charge >= 0.3 is 0 Å². The Morgan fingerprint density at radius 3 is 2.17 bits per heavy atom. The normalized spacial score (nSPS) is 32.5. The molecule has 0 aromatic rings. The maximum Gasteiger partial charge on any atom is 0.0350 e. The molecule has 24 heavy (non-hydrogen) atoms. The third-order valence-electron chi connectivity index (χ3n) is 7.56. The smallest absolute Gasteiger partial charge is 0.0350 e. The second-order valence-corrected chi connectivity index (χ2v) is 10.0. The van der Waals surface area contributed by atoms with Gasteiger partial charge in [0.1, 0.15) is 0 Å². The molecule has 4 heteroatoms. The van der Waals surface area contributed by atoms with E-state index in [9.17, 15) is 0 Å². The molecule has 4 heterocycles. The molecular formula is C20H38N4. The van der Waals surface area contributed by atoms with Crippen molar-refractivity contribution in [1.82, 2.24) is 19.6 Å². The fraction of sp³-hybridized carbons (Fsp3) is 1.00. The second kappa shape index (κ2) is 6.22. The van der Waals surface area contributed by atoms with Crippen LogP contribution in [0.25, 0.3) is 0 Å². The van der Waals surface area contributed by atoms with Crippen LogP contribution < -0.4 is 0 Å². The van der Waals surface area contributed by atoms with E-state index in [1.165, 1.54) is 58.7 Å². The standard InChI is InChI=1S/C20H38N4/c1-15(2)22-13-18(14-22)23-9-16(10-23)8-20(3,4)24-11-17(12-24)19-6-7-21(19)5/h15-19H,6-14H2,1-5H3. The van der Waals surface area contributed by atoms with Crippen LogP contribution in [0.2, 0.25) is 0 Å². The van der Waals surface area contributed by atoms with Gasteiger partial charge in [-0.2, -0.15) is 0 Å². The third kappa shape index (κ3) is 3.04. The van der Waals surface area contributed by atoms with Gasteiger partial charge in [0.2, 0.25) is 0 Å². The molecule has 0 aliphatic carbocycles. The number of nitrogens with zero attached hydrogens (tertiary/aromatic N) is 4. The molecule has 4 nitrogen and oxygen atoms in total. The van der Waals surface area contributed by atoms with Gasteiger partial charge in [0.15, 0.2) is 0 Å². The molecule has 4 rings (SSSR count). The Morgan fingerprint density at radius 1 is 1.00 bits per heavy atom. The molecule has 4 fully saturated rings. The lowest BCUT2D eigenvalue weighted by Gasteiger charge is -2.58. The molecular weight excluding hydrogens is 296 g/mol. The Morgan fingerprint density at radius 2 is 1.67 bits per heavy atom. The summed E-state index contributed by atoms with van der Waals surface area (Å²) in [7, 11) is 2.30. The van der Waals surface area contributed by atoms with Crippen LogP contribution in [-0.4, -0.2) is 96.1 Å².